The van der Waals surface area contributed by atoms with Crippen molar-refractivity contribution in [2.45, 2.75) is 12.1 Å². The van der Waals surface area contributed by atoms with Crippen LogP contribution < -0.4 is 4.74 Å². The first-order valence-electron chi connectivity index (χ1n) is 4.27. The van der Waals surface area contributed by atoms with Gasteiger partial charge in [-0.15, -0.1) is 0 Å². The second-order valence-electron chi connectivity index (χ2n) is 3.12. The van der Waals surface area contributed by atoms with Gasteiger partial charge in [0.25, 0.3) is 0 Å². The van der Waals surface area contributed by atoms with Crippen LogP contribution in [0.1, 0.15) is 11.5 Å². The number of fused-ring (bicyclic) bond motifs is 3. The number of ether oxygens (including phenoxy) is 1. The van der Waals surface area contributed by atoms with E-state index >= 15 is 0 Å². The molecular weight excluding hydrogens is 164 g/mol. The van der Waals surface area contributed by atoms with E-state index in [2.05, 4.69) is 16.1 Å². The smallest absolute Gasteiger partial charge is 0.219 e. The Kier molecular flexibility index (Phi) is 1.27. The molecule has 0 aromatic carbocycles. The van der Waals surface area contributed by atoms with Gasteiger partial charge in [-0.1, -0.05) is 12.1 Å². The van der Waals surface area contributed by atoms with Crippen molar-refractivity contribution >= 4 is 6.21 Å². The first kappa shape index (κ1) is 6.83. The van der Waals surface area contributed by atoms with Crippen LogP contribution in [0.4, 0.5) is 0 Å². The molecule has 0 saturated heterocycles. The van der Waals surface area contributed by atoms with E-state index in [1.165, 1.54) is 0 Å². The molecule has 3 rings (SSSR count). The van der Waals surface area contributed by atoms with Gasteiger partial charge in [-0.2, -0.15) is 0 Å². The summed E-state index contributed by atoms with van der Waals surface area (Å²) in [5.41, 5.74) is 1.14. The van der Waals surface area contributed by atoms with Crippen molar-refractivity contribution in [3.63, 3.8) is 0 Å². The number of hydrogen-bond acceptors (Lipinski definition) is 3. The molecule has 0 aliphatic carbocycles. The van der Waals surface area contributed by atoms with Gasteiger partial charge in [-0.05, 0) is 12.1 Å². The SMILES string of the molecule is C1=CC2c3cccnc3OC2N=C1. The third-order valence-corrected chi connectivity index (χ3v) is 2.34. The van der Waals surface area contributed by atoms with Crippen molar-refractivity contribution in [3.05, 3.63) is 36.0 Å². The third kappa shape index (κ3) is 0.900. The highest BCUT2D eigenvalue weighted by Gasteiger charge is 2.33. The number of aromatic nitrogens is 1. The molecule has 0 fully saturated rings. The molecule has 3 nitrogen and oxygen atoms in total. The van der Waals surface area contributed by atoms with E-state index in [0.29, 0.717) is 0 Å². The van der Waals surface area contributed by atoms with Gasteiger partial charge in [0.2, 0.25) is 12.1 Å². The molecule has 0 amide bonds. The van der Waals surface area contributed by atoms with E-state index < -0.39 is 0 Å². The van der Waals surface area contributed by atoms with Crippen LogP contribution in [0.3, 0.4) is 0 Å². The van der Waals surface area contributed by atoms with Crippen LogP contribution in [0.5, 0.6) is 5.88 Å². The van der Waals surface area contributed by atoms with Crippen LogP contribution in [0.25, 0.3) is 0 Å². The molecule has 2 aliphatic rings. The van der Waals surface area contributed by atoms with Crippen LogP contribution in [0.15, 0.2) is 35.5 Å². The van der Waals surface area contributed by atoms with Gasteiger partial charge in [0.1, 0.15) is 0 Å². The van der Waals surface area contributed by atoms with Gasteiger partial charge in [0.05, 0.1) is 5.92 Å². The molecule has 0 bridgehead atoms. The Morgan fingerprint density at radius 2 is 2.38 bits per heavy atom. The fraction of sp³-hybridized carbons (Fsp3) is 0.200. The molecule has 2 atom stereocenters. The maximum absolute atomic E-state index is 5.55. The predicted octanol–water partition coefficient (Wildman–Crippen LogP) is 1.52. The lowest BCUT2D eigenvalue weighted by atomic mass is 9.99. The largest absolute Gasteiger partial charge is 0.451 e. The molecule has 1 aromatic rings. The van der Waals surface area contributed by atoms with Gasteiger partial charge in [-0.3, -0.25) is 0 Å². The summed E-state index contributed by atoms with van der Waals surface area (Å²) in [4.78, 5) is 8.39. The highest BCUT2D eigenvalue weighted by atomic mass is 16.5. The summed E-state index contributed by atoms with van der Waals surface area (Å²) in [6, 6.07) is 3.97. The summed E-state index contributed by atoms with van der Waals surface area (Å²) < 4.78 is 5.55. The minimum Gasteiger partial charge on any atom is -0.451 e. The summed E-state index contributed by atoms with van der Waals surface area (Å²) in [5, 5.41) is 0. The van der Waals surface area contributed by atoms with Crippen LogP contribution in [-0.4, -0.2) is 17.4 Å². The zero-order valence-corrected chi connectivity index (χ0v) is 6.92. The molecule has 3 heteroatoms. The Balaban J connectivity index is 2.12. The molecular formula is C10H8N2O. The number of aliphatic imine (C=N–C) groups is 1. The minimum atomic E-state index is -0.0881. The fourth-order valence-electron chi connectivity index (χ4n) is 1.72. The van der Waals surface area contributed by atoms with Crippen LogP contribution in [0.2, 0.25) is 0 Å². The molecule has 0 saturated carbocycles. The lowest BCUT2D eigenvalue weighted by Gasteiger charge is -2.12. The Hall–Kier alpha value is -1.64. The lowest BCUT2D eigenvalue weighted by molar-refractivity contribution is 0.223. The first-order valence-corrected chi connectivity index (χ1v) is 4.27. The molecule has 1 aromatic heterocycles. The number of pyridine rings is 1. The molecule has 3 heterocycles. The van der Waals surface area contributed by atoms with Crippen molar-refractivity contribution in [2.24, 2.45) is 4.99 Å². The molecule has 2 unspecified atom stereocenters. The van der Waals surface area contributed by atoms with Crippen molar-refractivity contribution in [3.8, 4) is 5.88 Å². The Morgan fingerprint density at radius 3 is 3.38 bits per heavy atom. The maximum Gasteiger partial charge on any atom is 0.219 e. The predicted molar refractivity (Wildman–Crippen MR) is 49.0 cm³/mol. The second kappa shape index (κ2) is 2.42. The summed E-state index contributed by atoms with van der Waals surface area (Å²) in [5.74, 6) is 0.981. The fourth-order valence-corrected chi connectivity index (χ4v) is 1.72. The van der Waals surface area contributed by atoms with Crippen molar-refractivity contribution < 1.29 is 4.74 Å². The molecule has 0 spiro atoms. The molecule has 2 aliphatic heterocycles. The number of dihydropyridines is 1. The van der Waals surface area contributed by atoms with Crippen LogP contribution in [-0.2, 0) is 0 Å². The van der Waals surface area contributed by atoms with Crippen LogP contribution in [0, 0.1) is 0 Å². The van der Waals surface area contributed by atoms with Crippen molar-refractivity contribution in [1.82, 2.24) is 4.98 Å². The maximum atomic E-state index is 5.55. The molecule has 0 N–H and O–H groups in total. The van der Waals surface area contributed by atoms with E-state index in [4.69, 9.17) is 4.74 Å². The lowest BCUT2D eigenvalue weighted by Crippen LogP contribution is -2.16. The Morgan fingerprint density at radius 1 is 1.38 bits per heavy atom. The quantitative estimate of drug-likeness (QED) is 0.594. The van der Waals surface area contributed by atoms with Gasteiger partial charge in [-0.25, -0.2) is 9.98 Å². The van der Waals surface area contributed by atoms with E-state index in [0.717, 1.165) is 11.4 Å². The number of hydrogen-bond donors (Lipinski definition) is 0. The highest BCUT2D eigenvalue weighted by molar-refractivity contribution is 5.73. The first-order chi connectivity index (χ1) is 6.45. The second-order valence-corrected chi connectivity index (χ2v) is 3.12. The number of allylic oxidation sites excluding steroid dienone is 1. The van der Waals surface area contributed by atoms with Crippen molar-refractivity contribution in [1.29, 1.82) is 0 Å². The average molecular weight is 172 g/mol. The third-order valence-electron chi connectivity index (χ3n) is 2.34. The van der Waals surface area contributed by atoms with Gasteiger partial charge >= 0.3 is 0 Å². The summed E-state index contributed by atoms with van der Waals surface area (Å²) in [6.07, 6.45) is 7.48. The Labute approximate surface area is 75.8 Å². The van der Waals surface area contributed by atoms with E-state index in [1.54, 1.807) is 12.4 Å². The zero-order valence-electron chi connectivity index (χ0n) is 6.92. The topological polar surface area (TPSA) is 34.5 Å². The highest BCUT2D eigenvalue weighted by Crippen LogP contribution is 2.38. The molecule has 64 valence electrons. The minimum absolute atomic E-state index is 0.0881. The van der Waals surface area contributed by atoms with E-state index in [-0.39, 0.29) is 12.1 Å². The normalized spacial score (nSPS) is 28.0. The van der Waals surface area contributed by atoms with Crippen molar-refractivity contribution in [2.75, 3.05) is 0 Å². The van der Waals surface area contributed by atoms with Gasteiger partial charge < -0.3 is 4.74 Å². The molecule has 13 heavy (non-hydrogen) atoms. The van der Waals surface area contributed by atoms with Crippen LogP contribution >= 0.6 is 0 Å². The summed E-state index contributed by atoms with van der Waals surface area (Å²) in [7, 11) is 0. The van der Waals surface area contributed by atoms with E-state index in [1.807, 2.05) is 18.2 Å². The summed E-state index contributed by atoms with van der Waals surface area (Å²) in [6.45, 7) is 0. The standard InChI is InChI=1S/C10H8N2O/c1-3-7-8-4-2-6-12-10(8)13-9(7)11-5-1/h1-7,9H. The zero-order chi connectivity index (χ0) is 8.67. The average Bonchev–Trinajstić information content (AvgIpc) is 2.56. The van der Waals surface area contributed by atoms with Gasteiger partial charge in [0.15, 0.2) is 0 Å². The number of nitrogens with zero attached hydrogens (tertiary/aromatic N) is 2. The van der Waals surface area contributed by atoms with E-state index in [9.17, 15) is 0 Å². The molecule has 0 radical (unpaired) electrons. The summed E-state index contributed by atoms with van der Waals surface area (Å²) >= 11 is 0. The monoisotopic (exact) mass is 172 g/mol. The Bertz CT molecular complexity index is 398. The number of rotatable bonds is 0. The van der Waals surface area contributed by atoms with Gasteiger partial charge in [0, 0.05) is 18.0 Å².